The van der Waals surface area contributed by atoms with Gasteiger partial charge in [-0.1, -0.05) is 12.1 Å². The molecule has 7 heteroatoms. The van der Waals surface area contributed by atoms with Gasteiger partial charge in [0.25, 0.3) is 0 Å². The zero-order chi connectivity index (χ0) is 21.8. The standard InChI is InChI=1S/C24H30FN3O3/c25-17-7-8-21(16(13-17)15-29)26-18-9-11-28(12-10-18)14-24(31)27-22-5-1-4-20-19(22)3-2-6-23(20)30/h1,4-5,7-8,13,18,23,26,29-30H,2-3,6,9-12,14-15H2,(H,27,31). The van der Waals surface area contributed by atoms with Gasteiger partial charge in [0, 0.05) is 36.1 Å². The lowest BCUT2D eigenvalue weighted by atomic mass is 9.88. The van der Waals surface area contributed by atoms with E-state index in [2.05, 4.69) is 15.5 Å². The van der Waals surface area contributed by atoms with Gasteiger partial charge in [-0.2, -0.15) is 0 Å². The Labute approximate surface area is 182 Å². The monoisotopic (exact) mass is 427 g/mol. The number of nitrogens with zero attached hydrogens (tertiary/aromatic N) is 1. The molecular formula is C24H30FN3O3. The fraction of sp³-hybridized carbons (Fsp3) is 0.458. The van der Waals surface area contributed by atoms with Gasteiger partial charge in [-0.3, -0.25) is 9.69 Å². The second kappa shape index (κ2) is 9.77. The summed E-state index contributed by atoms with van der Waals surface area (Å²) in [5.41, 5.74) is 4.11. The molecule has 1 fully saturated rings. The molecule has 6 nitrogen and oxygen atoms in total. The van der Waals surface area contributed by atoms with E-state index >= 15 is 0 Å². The second-order valence-corrected chi connectivity index (χ2v) is 8.48. The highest BCUT2D eigenvalue weighted by Gasteiger charge is 2.23. The molecule has 0 radical (unpaired) electrons. The van der Waals surface area contributed by atoms with Crippen molar-refractivity contribution in [2.75, 3.05) is 30.3 Å². The Bertz CT molecular complexity index is 928. The number of anilines is 2. The lowest BCUT2D eigenvalue weighted by Crippen LogP contribution is -2.42. The van der Waals surface area contributed by atoms with Crippen LogP contribution in [-0.2, 0) is 17.8 Å². The van der Waals surface area contributed by atoms with Crippen molar-refractivity contribution >= 4 is 17.3 Å². The molecule has 1 amide bonds. The first-order valence-corrected chi connectivity index (χ1v) is 11.0. The van der Waals surface area contributed by atoms with Gasteiger partial charge < -0.3 is 20.8 Å². The molecule has 4 N–H and O–H groups in total. The number of likely N-dealkylation sites (tertiary alicyclic amines) is 1. The number of aliphatic hydroxyl groups excluding tert-OH is 2. The Balaban J connectivity index is 1.29. The van der Waals surface area contributed by atoms with Crippen LogP contribution in [0.25, 0.3) is 0 Å². The van der Waals surface area contributed by atoms with E-state index in [1.807, 2.05) is 18.2 Å². The lowest BCUT2D eigenvalue weighted by Gasteiger charge is -2.33. The number of nitrogens with one attached hydrogen (secondary N) is 2. The van der Waals surface area contributed by atoms with Gasteiger partial charge in [0.15, 0.2) is 0 Å². The normalized spacial score (nSPS) is 19.6. The Kier molecular flexibility index (Phi) is 6.85. The largest absolute Gasteiger partial charge is 0.392 e. The minimum atomic E-state index is -0.445. The molecule has 1 saturated heterocycles. The number of hydrogen-bond acceptors (Lipinski definition) is 5. The van der Waals surface area contributed by atoms with Crippen molar-refractivity contribution in [3.05, 3.63) is 58.9 Å². The van der Waals surface area contributed by atoms with Gasteiger partial charge in [0.2, 0.25) is 5.91 Å². The summed E-state index contributed by atoms with van der Waals surface area (Å²) in [6, 6.07) is 10.4. The van der Waals surface area contributed by atoms with Crippen LogP contribution in [0.5, 0.6) is 0 Å². The molecule has 0 spiro atoms. The van der Waals surface area contributed by atoms with Gasteiger partial charge in [-0.25, -0.2) is 4.39 Å². The number of aliphatic hydroxyl groups is 2. The van der Waals surface area contributed by atoms with E-state index in [0.29, 0.717) is 12.1 Å². The summed E-state index contributed by atoms with van der Waals surface area (Å²) < 4.78 is 13.4. The summed E-state index contributed by atoms with van der Waals surface area (Å²) in [6.45, 7) is 1.69. The highest BCUT2D eigenvalue weighted by Crippen LogP contribution is 2.34. The fourth-order valence-electron chi connectivity index (χ4n) is 4.62. The number of rotatable bonds is 6. The third kappa shape index (κ3) is 5.23. The maximum absolute atomic E-state index is 13.4. The van der Waals surface area contributed by atoms with E-state index in [9.17, 15) is 19.4 Å². The third-order valence-electron chi connectivity index (χ3n) is 6.30. The first-order valence-electron chi connectivity index (χ1n) is 11.0. The van der Waals surface area contributed by atoms with Crippen LogP contribution in [0.15, 0.2) is 36.4 Å². The minimum absolute atomic E-state index is 0.0408. The molecule has 1 aliphatic carbocycles. The number of hydrogen-bond donors (Lipinski definition) is 4. The van der Waals surface area contributed by atoms with Crippen molar-refractivity contribution in [2.24, 2.45) is 0 Å². The van der Waals surface area contributed by atoms with Gasteiger partial charge in [-0.05, 0) is 67.5 Å². The lowest BCUT2D eigenvalue weighted by molar-refractivity contribution is -0.117. The molecule has 1 unspecified atom stereocenters. The van der Waals surface area contributed by atoms with Crippen LogP contribution in [0.1, 0.15) is 48.5 Å². The Morgan fingerprint density at radius 1 is 1.13 bits per heavy atom. The number of fused-ring (bicyclic) bond motifs is 1. The van der Waals surface area contributed by atoms with Gasteiger partial charge in [0.05, 0.1) is 19.3 Å². The summed E-state index contributed by atoms with van der Waals surface area (Å²) in [7, 11) is 0. The van der Waals surface area contributed by atoms with E-state index in [1.165, 1.54) is 12.1 Å². The van der Waals surface area contributed by atoms with Crippen LogP contribution in [0.2, 0.25) is 0 Å². The van der Waals surface area contributed by atoms with Crippen LogP contribution < -0.4 is 10.6 Å². The second-order valence-electron chi connectivity index (χ2n) is 8.48. The van der Waals surface area contributed by atoms with E-state index in [-0.39, 0.29) is 24.4 Å². The molecule has 4 rings (SSSR count). The maximum Gasteiger partial charge on any atom is 0.238 e. The highest BCUT2D eigenvalue weighted by molar-refractivity contribution is 5.93. The molecule has 1 atom stereocenters. The average Bonchev–Trinajstić information content (AvgIpc) is 2.77. The Morgan fingerprint density at radius 3 is 2.71 bits per heavy atom. The van der Waals surface area contributed by atoms with Crippen LogP contribution in [0.3, 0.4) is 0 Å². The van der Waals surface area contributed by atoms with E-state index < -0.39 is 6.10 Å². The van der Waals surface area contributed by atoms with Crippen molar-refractivity contribution in [3.63, 3.8) is 0 Å². The molecule has 1 aliphatic heterocycles. The maximum atomic E-state index is 13.4. The van der Waals surface area contributed by atoms with Gasteiger partial charge >= 0.3 is 0 Å². The molecular weight excluding hydrogens is 397 g/mol. The van der Waals surface area contributed by atoms with Crippen molar-refractivity contribution < 1.29 is 19.4 Å². The number of carbonyl (C=O) groups excluding carboxylic acids is 1. The van der Waals surface area contributed by atoms with Crippen LogP contribution in [-0.4, -0.2) is 46.7 Å². The number of benzene rings is 2. The Hall–Kier alpha value is -2.48. The minimum Gasteiger partial charge on any atom is -0.392 e. The number of amides is 1. The predicted octanol–water partition coefficient (Wildman–Crippen LogP) is 3.20. The number of carbonyl (C=O) groups is 1. The smallest absolute Gasteiger partial charge is 0.238 e. The van der Waals surface area contributed by atoms with Crippen molar-refractivity contribution in [1.82, 2.24) is 4.90 Å². The topological polar surface area (TPSA) is 84.8 Å². The number of halogens is 1. The zero-order valence-corrected chi connectivity index (χ0v) is 17.6. The number of piperidine rings is 1. The van der Waals surface area contributed by atoms with Crippen LogP contribution in [0, 0.1) is 5.82 Å². The van der Waals surface area contributed by atoms with Gasteiger partial charge in [0.1, 0.15) is 5.82 Å². The van der Waals surface area contributed by atoms with E-state index in [0.717, 1.165) is 67.7 Å². The molecule has 0 aromatic heterocycles. The van der Waals surface area contributed by atoms with E-state index in [1.54, 1.807) is 6.07 Å². The van der Waals surface area contributed by atoms with Crippen molar-refractivity contribution in [2.45, 2.75) is 50.9 Å². The summed E-state index contributed by atoms with van der Waals surface area (Å²) in [5, 5.41) is 26.1. The van der Waals surface area contributed by atoms with Crippen LogP contribution >= 0.6 is 0 Å². The summed E-state index contributed by atoms with van der Waals surface area (Å²) in [4.78, 5) is 14.8. The average molecular weight is 428 g/mol. The Morgan fingerprint density at radius 2 is 1.94 bits per heavy atom. The molecule has 0 saturated carbocycles. The SMILES string of the molecule is O=C(CN1CCC(Nc2ccc(F)cc2CO)CC1)Nc1cccc2c1CCCC2O. The zero-order valence-electron chi connectivity index (χ0n) is 17.6. The molecule has 1 heterocycles. The molecule has 2 aliphatic rings. The first kappa shape index (κ1) is 21.7. The molecule has 166 valence electrons. The van der Waals surface area contributed by atoms with Gasteiger partial charge in [-0.15, -0.1) is 0 Å². The fourth-order valence-corrected chi connectivity index (χ4v) is 4.62. The molecule has 2 aromatic carbocycles. The third-order valence-corrected chi connectivity index (χ3v) is 6.30. The highest BCUT2D eigenvalue weighted by atomic mass is 19.1. The van der Waals surface area contributed by atoms with Crippen LogP contribution in [0.4, 0.5) is 15.8 Å². The summed E-state index contributed by atoms with van der Waals surface area (Å²) in [5.74, 6) is -0.398. The molecule has 2 aromatic rings. The van der Waals surface area contributed by atoms with E-state index in [4.69, 9.17) is 0 Å². The summed E-state index contributed by atoms with van der Waals surface area (Å²) in [6.07, 6.45) is 3.85. The summed E-state index contributed by atoms with van der Waals surface area (Å²) >= 11 is 0. The molecule has 31 heavy (non-hydrogen) atoms. The predicted molar refractivity (Wildman–Crippen MR) is 118 cm³/mol. The quantitative estimate of drug-likeness (QED) is 0.569. The van der Waals surface area contributed by atoms with Crippen molar-refractivity contribution in [1.29, 1.82) is 0 Å². The van der Waals surface area contributed by atoms with Crippen molar-refractivity contribution in [3.8, 4) is 0 Å². The molecule has 0 bridgehead atoms. The first-order chi connectivity index (χ1) is 15.0.